The van der Waals surface area contributed by atoms with E-state index < -0.39 is 0 Å². The van der Waals surface area contributed by atoms with Crippen LogP contribution in [-0.2, 0) is 0 Å². The van der Waals surface area contributed by atoms with Crippen molar-refractivity contribution in [2.45, 2.75) is 46.2 Å². The molecule has 20 heavy (non-hydrogen) atoms. The molecule has 114 valence electrons. The zero-order valence-electron chi connectivity index (χ0n) is 13.2. The minimum absolute atomic E-state index is 0.353. The second kappa shape index (κ2) is 7.38. The number of thiazole rings is 1. The Morgan fingerprint density at radius 2 is 2.20 bits per heavy atom. The van der Waals surface area contributed by atoms with Gasteiger partial charge in [0.15, 0.2) is 5.13 Å². The summed E-state index contributed by atoms with van der Waals surface area (Å²) in [5, 5.41) is 6.82. The van der Waals surface area contributed by atoms with Gasteiger partial charge >= 0.3 is 0 Å². The Bertz CT molecular complexity index is 402. The van der Waals surface area contributed by atoms with E-state index in [1.165, 1.54) is 17.2 Å². The van der Waals surface area contributed by atoms with Gasteiger partial charge in [-0.3, -0.25) is 4.90 Å². The van der Waals surface area contributed by atoms with Crippen molar-refractivity contribution in [2.24, 2.45) is 0 Å². The average Bonchev–Trinajstić information content (AvgIpc) is 3.09. The van der Waals surface area contributed by atoms with E-state index in [1.807, 2.05) is 0 Å². The van der Waals surface area contributed by atoms with Crippen molar-refractivity contribution in [3.63, 3.8) is 0 Å². The molecule has 0 aliphatic carbocycles. The lowest BCUT2D eigenvalue weighted by Gasteiger charge is -2.25. The molecule has 2 heterocycles. The lowest BCUT2D eigenvalue weighted by molar-refractivity contribution is 0.232. The van der Waals surface area contributed by atoms with Crippen molar-refractivity contribution in [3.8, 4) is 0 Å². The predicted octanol–water partition coefficient (Wildman–Crippen LogP) is 2.73. The molecule has 1 saturated heterocycles. The Labute approximate surface area is 127 Å². The molecule has 0 radical (unpaired) electrons. The number of hydrogen-bond donors (Lipinski definition) is 1. The van der Waals surface area contributed by atoms with Gasteiger partial charge in [0.1, 0.15) is 0 Å². The lowest BCUT2D eigenvalue weighted by atomic mass is 10.2. The van der Waals surface area contributed by atoms with E-state index in [0.29, 0.717) is 12.1 Å². The number of nitrogens with zero attached hydrogens (tertiary/aromatic N) is 3. The van der Waals surface area contributed by atoms with Crippen LogP contribution in [0.2, 0.25) is 0 Å². The molecule has 1 fully saturated rings. The highest BCUT2D eigenvalue weighted by Gasteiger charge is 2.27. The first-order chi connectivity index (χ1) is 9.69. The summed E-state index contributed by atoms with van der Waals surface area (Å²) in [5.74, 6) is 0. The largest absolute Gasteiger partial charge is 0.346 e. The number of anilines is 1. The SMILES string of the molecule is CCNC(C)c1csc(N2CCC(N(CC)CC)C2)n1. The Morgan fingerprint density at radius 3 is 2.85 bits per heavy atom. The third kappa shape index (κ3) is 3.51. The zero-order valence-corrected chi connectivity index (χ0v) is 14.0. The molecule has 2 atom stereocenters. The molecule has 2 unspecified atom stereocenters. The van der Waals surface area contributed by atoms with Gasteiger partial charge in [0.25, 0.3) is 0 Å². The molecular formula is C15H28N4S. The molecule has 1 N–H and O–H groups in total. The summed E-state index contributed by atoms with van der Waals surface area (Å²) in [7, 11) is 0. The number of likely N-dealkylation sites (N-methyl/N-ethyl adjacent to an activating group) is 1. The van der Waals surface area contributed by atoms with Gasteiger partial charge in [0.2, 0.25) is 0 Å². The average molecular weight is 296 g/mol. The highest BCUT2D eigenvalue weighted by molar-refractivity contribution is 7.13. The summed E-state index contributed by atoms with van der Waals surface area (Å²) < 4.78 is 0. The van der Waals surface area contributed by atoms with Crippen molar-refractivity contribution in [2.75, 3.05) is 37.6 Å². The maximum Gasteiger partial charge on any atom is 0.185 e. The Morgan fingerprint density at radius 1 is 1.45 bits per heavy atom. The van der Waals surface area contributed by atoms with Crippen molar-refractivity contribution >= 4 is 16.5 Å². The molecule has 0 aromatic carbocycles. The molecule has 5 heteroatoms. The van der Waals surface area contributed by atoms with E-state index in [9.17, 15) is 0 Å². The summed E-state index contributed by atoms with van der Waals surface area (Å²) in [5.41, 5.74) is 1.18. The zero-order chi connectivity index (χ0) is 14.5. The summed E-state index contributed by atoms with van der Waals surface area (Å²) in [4.78, 5) is 9.84. The van der Waals surface area contributed by atoms with Gasteiger partial charge in [-0.25, -0.2) is 4.98 Å². The van der Waals surface area contributed by atoms with Crippen LogP contribution in [0.25, 0.3) is 0 Å². The van der Waals surface area contributed by atoms with Crippen LogP contribution in [0.15, 0.2) is 5.38 Å². The van der Waals surface area contributed by atoms with Crippen LogP contribution in [0, 0.1) is 0 Å². The highest BCUT2D eigenvalue weighted by atomic mass is 32.1. The van der Waals surface area contributed by atoms with Crippen molar-refractivity contribution in [1.29, 1.82) is 0 Å². The quantitative estimate of drug-likeness (QED) is 0.838. The first kappa shape index (κ1) is 15.7. The van der Waals surface area contributed by atoms with E-state index in [0.717, 1.165) is 32.7 Å². The van der Waals surface area contributed by atoms with Gasteiger partial charge in [-0.05, 0) is 33.0 Å². The third-order valence-electron chi connectivity index (χ3n) is 4.23. The normalized spacial score (nSPS) is 20.9. The fourth-order valence-corrected chi connectivity index (χ4v) is 3.94. The minimum Gasteiger partial charge on any atom is -0.346 e. The first-order valence-electron chi connectivity index (χ1n) is 7.87. The van der Waals surface area contributed by atoms with E-state index in [-0.39, 0.29) is 0 Å². The van der Waals surface area contributed by atoms with Crippen molar-refractivity contribution < 1.29 is 0 Å². The Hall–Kier alpha value is -0.650. The van der Waals surface area contributed by atoms with Crippen LogP contribution in [-0.4, -0.2) is 48.6 Å². The van der Waals surface area contributed by atoms with E-state index in [4.69, 9.17) is 4.98 Å². The lowest BCUT2D eigenvalue weighted by Crippen LogP contribution is -2.37. The molecule has 0 saturated carbocycles. The smallest absolute Gasteiger partial charge is 0.185 e. The molecule has 2 rings (SSSR count). The molecule has 4 nitrogen and oxygen atoms in total. The van der Waals surface area contributed by atoms with Crippen LogP contribution in [0.4, 0.5) is 5.13 Å². The number of aromatic nitrogens is 1. The van der Waals surface area contributed by atoms with Crippen molar-refractivity contribution in [3.05, 3.63) is 11.1 Å². The van der Waals surface area contributed by atoms with Crippen LogP contribution < -0.4 is 10.2 Å². The van der Waals surface area contributed by atoms with Gasteiger partial charge < -0.3 is 10.2 Å². The maximum atomic E-state index is 4.82. The maximum absolute atomic E-state index is 4.82. The van der Waals surface area contributed by atoms with Crippen LogP contribution in [0.3, 0.4) is 0 Å². The van der Waals surface area contributed by atoms with Crippen molar-refractivity contribution in [1.82, 2.24) is 15.2 Å². The summed E-state index contributed by atoms with van der Waals surface area (Å²) in [6.45, 7) is 14.4. The summed E-state index contributed by atoms with van der Waals surface area (Å²) >= 11 is 1.79. The third-order valence-corrected chi connectivity index (χ3v) is 5.15. The van der Waals surface area contributed by atoms with Gasteiger partial charge in [-0.2, -0.15) is 0 Å². The topological polar surface area (TPSA) is 31.4 Å². The van der Waals surface area contributed by atoms with Gasteiger partial charge in [-0.1, -0.05) is 20.8 Å². The molecule has 1 aromatic heterocycles. The van der Waals surface area contributed by atoms with Gasteiger partial charge in [0, 0.05) is 30.6 Å². The van der Waals surface area contributed by atoms with Crippen LogP contribution in [0.5, 0.6) is 0 Å². The Kier molecular flexibility index (Phi) is 5.81. The molecular weight excluding hydrogens is 268 g/mol. The monoisotopic (exact) mass is 296 g/mol. The molecule has 0 amide bonds. The number of nitrogens with one attached hydrogen (secondary N) is 1. The number of hydrogen-bond acceptors (Lipinski definition) is 5. The Balaban J connectivity index is 1.96. The van der Waals surface area contributed by atoms with E-state index >= 15 is 0 Å². The highest BCUT2D eigenvalue weighted by Crippen LogP contribution is 2.28. The minimum atomic E-state index is 0.353. The van der Waals surface area contributed by atoms with Crippen LogP contribution >= 0.6 is 11.3 Å². The summed E-state index contributed by atoms with van der Waals surface area (Å²) in [6.07, 6.45) is 1.26. The molecule has 1 aliphatic heterocycles. The number of rotatable bonds is 7. The fourth-order valence-electron chi connectivity index (χ4n) is 2.98. The van der Waals surface area contributed by atoms with Crippen LogP contribution in [0.1, 0.15) is 45.9 Å². The van der Waals surface area contributed by atoms with E-state index in [2.05, 4.69) is 48.2 Å². The standard InChI is InChI=1S/C15H28N4S/c1-5-16-12(4)14-11-20-15(17-14)19-9-8-13(10-19)18(6-2)7-3/h11-13,16H,5-10H2,1-4H3. The second-order valence-corrected chi connectivity index (χ2v) is 6.28. The first-order valence-corrected chi connectivity index (χ1v) is 8.75. The summed E-state index contributed by atoms with van der Waals surface area (Å²) in [6, 6.07) is 1.05. The van der Waals surface area contributed by atoms with Gasteiger partial charge in [0.05, 0.1) is 5.69 Å². The fraction of sp³-hybridized carbons (Fsp3) is 0.800. The predicted molar refractivity (Wildman–Crippen MR) is 87.7 cm³/mol. The molecule has 1 aliphatic rings. The van der Waals surface area contributed by atoms with E-state index in [1.54, 1.807) is 11.3 Å². The second-order valence-electron chi connectivity index (χ2n) is 5.44. The molecule has 0 bridgehead atoms. The van der Waals surface area contributed by atoms with Gasteiger partial charge in [-0.15, -0.1) is 11.3 Å². The molecule has 0 spiro atoms. The molecule has 1 aromatic rings.